The topological polar surface area (TPSA) is 43.4 Å². The minimum absolute atomic E-state index is 0. The van der Waals surface area contributed by atoms with Gasteiger partial charge in [0.2, 0.25) is 0 Å². The number of Topliss-reactive ketones (excluding diaryl/α,β-unsaturated/α-hetero) is 1. The van der Waals surface area contributed by atoms with Gasteiger partial charge in [-0.1, -0.05) is 6.92 Å². The first-order chi connectivity index (χ1) is 4.57. The van der Waals surface area contributed by atoms with E-state index in [0.29, 0.717) is 6.42 Å². The third-order valence-electron chi connectivity index (χ3n) is 1.13. The summed E-state index contributed by atoms with van der Waals surface area (Å²) in [5, 5.41) is 0. The molecule has 0 amide bonds. The van der Waals surface area contributed by atoms with Crippen LogP contribution in [0.2, 0.25) is 0 Å². The van der Waals surface area contributed by atoms with E-state index in [1.807, 2.05) is 0 Å². The SMILES string of the molecule is CCC(OC(C)=O)C(C)=O.[Ti]. The molecule has 0 spiro atoms. The molecular formula is C7H12O3Ti. The van der Waals surface area contributed by atoms with Crippen molar-refractivity contribution >= 4 is 11.8 Å². The molecule has 0 aliphatic carbocycles. The fourth-order valence-corrected chi connectivity index (χ4v) is 0.654. The van der Waals surface area contributed by atoms with E-state index < -0.39 is 12.1 Å². The maximum atomic E-state index is 10.6. The predicted octanol–water partition coefficient (Wildman–Crippen LogP) is 0.915. The third-order valence-corrected chi connectivity index (χ3v) is 1.13. The number of ketones is 1. The smallest absolute Gasteiger partial charge is 0.303 e. The van der Waals surface area contributed by atoms with Gasteiger partial charge in [0.05, 0.1) is 0 Å². The molecule has 0 fully saturated rings. The molecule has 0 radical (unpaired) electrons. The number of hydrogen-bond acceptors (Lipinski definition) is 3. The Morgan fingerprint density at radius 1 is 1.36 bits per heavy atom. The van der Waals surface area contributed by atoms with Gasteiger partial charge in [0.1, 0.15) is 0 Å². The zero-order valence-electron chi connectivity index (χ0n) is 7.01. The maximum absolute atomic E-state index is 10.6. The summed E-state index contributed by atoms with van der Waals surface area (Å²) in [7, 11) is 0. The normalized spacial score (nSPS) is 11.2. The van der Waals surface area contributed by atoms with Gasteiger partial charge in [-0.25, -0.2) is 0 Å². The van der Waals surface area contributed by atoms with Gasteiger partial charge in [0, 0.05) is 28.6 Å². The van der Waals surface area contributed by atoms with E-state index in [0.717, 1.165) is 0 Å². The van der Waals surface area contributed by atoms with Crippen molar-refractivity contribution < 1.29 is 36.0 Å². The number of carbonyl (C=O) groups is 2. The van der Waals surface area contributed by atoms with Gasteiger partial charge in [-0.3, -0.25) is 9.59 Å². The molecule has 0 aliphatic heterocycles. The van der Waals surface area contributed by atoms with E-state index in [1.165, 1.54) is 13.8 Å². The molecule has 1 unspecified atom stereocenters. The van der Waals surface area contributed by atoms with E-state index in [-0.39, 0.29) is 27.5 Å². The number of carbonyl (C=O) groups excluding carboxylic acids is 2. The van der Waals surface area contributed by atoms with Gasteiger partial charge in [-0.15, -0.1) is 0 Å². The summed E-state index contributed by atoms with van der Waals surface area (Å²) in [5.41, 5.74) is 0. The first kappa shape index (κ1) is 13.4. The number of esters is 1. The Bertz CT molecular complexity index is 145. The molecule has 0 aliphatic rings. The average Bonchev–Trinajstić information content (AvgIpc) is 1.81. The van der Waals surface area contributed by atoms with Crippen LogP contribution in [0.4, 0.5) is 0 Å². The summed E-state index contributed by atoms with van der Waals surface area (Å²) < 4.78 is 4.67. The van der Waals surface area contributed by atoms with E-state index >= 15 is 0 Å². The maximum Gasteiger partial charge on any atom is 0.303 e. The summed E-state index contributed by atoms with van der Waals surface area (Å²) >= 11 is 0. The molecule has 0 aromatic heterocycles. The van der Waals surface area contributed by atoms with E-state index in [1.54, 1.807) is 6.92 Å². The Morgan fingerprint density at radius 2 is 1.82 bits per heavy atom. The van der Waals surface area contributed by atoms with Crippen LogP contribution in [0.3, 0.4) is 0 Å². The molecule has 0 N–H and O–H groups in total. The second kappa shape index (κ2) is 6.56. The van der Waals surface area contributed by atoms with Gasteiger partial charge >= 0.3 is 5.97 Å². The van der Waals surface area contributed by atoms with Crippen molar-refractivity contribution in [3.8, 4) is 0 Å². The van der Waals surface area contributed by atoms with Gasteiger partial charge in [-0.2, -0.15) is 0 Å². The Labute approximate surface area is 81.4 Å². The number of rotatable bonds is 3. The molecule has 11 heavy (non-hydrogen) atoms. The molecule has 0 bridgehead atoms. The van der Waals surface area contributed by atoms with Crippen molar-refractivity contribution in [3.63, 3.8) is 0 Å². The number of ether oxygens (including phenoxy) is 1. The monoisotopic (exact) mass is 192 g/mol. The largest absolute Gasteiger partial charge is 0.455 e. The zero-order valence-corrected chi connectivity index (χ0v) is 8.57. The summed E-state index contributed by atoms with van der Waals surface area (Å²) in [5.74, 6) is -0.500. The molecule has 62 valence electrons. The second-order valence-electron chi connectivity index (χ2n) is 2.12. The van der Waals surface area contributed by atoms with Crippen LogP contribution in [-0.4, -0.2) is 17.9 Å². The van der Waals surface area contributed by atoms with Crippen molar-refractivity contribution in [2.75, 3.05) is 0 Å². The van der Waals surface area contributed by atoms with E-state index in [2.05, 4.69) is 4.74 Å². The fourth-order valence-electron chi connectivity index (χ4n) is 0.654. The van der Waals surface area contributed by atoms with Crippen LogP contribution >= 0.6 is 0 Å². The summed E-state index contributed by atoms with van der Waals surface area (Å²) in [6.07, 6.45) is 0.00653. The van der Waals surface area contributed by atoms with Crippen LogP contribution in [0.25, 0.3) is 0 Å². The molecule has 0 aromatic rings. The summed E-state index contributed by atoms with van der Waals surface area (Å²) in [6, 6.07) is 0. The van der Waals surface area contributed by atoms with E-state index in [9.17, 15) is 9.59 Å². The Morgan fingerprint density at radius 3 is 1.91 bits per heavy atom. The molecule has 0 rings (SSSR count). The van der Waals surface area contributed by atoms with Gasteiger partial charge in [-0.05, 0) is 13.3 Å². The molecule has 4 heteroatoms. The van der Waals surface area contributed by atoms with Crippen molar-refractivity contribution in [1.29, 1.82) is 0 Å². The van der Waals surface area contributed by atoms with Gasteiger partial charge in [0.15, 0.2) is 11.9 Å². The Balaban J connectivity index is 0. The molecule has 0 saturated carbocycles. The predicted molar refractivity (Wildman–Crippen MR) is 36.5 cm³/mol. The first-order valence-electron chi connectivity index (χ1n) is 3.25. The number of hydrogen-bond donors (Lipinski definition) is 0. The van der Waals surface area contributed by atoms with Crippen LogP contribution in [0.5, 0.6) is 0 Å². The Kier molecular flexibility index (Phi) is 8.01. The van der Waals surface area contributed by atoms with Crippen LogP contribution in [-0.2, 0) is 36.0 Å². The summed E-state index contributed by atoms with van der Waals surface area (Å²) in [4.78, 5) is 21.0. The average molecular weight is 192 g/mol. The minimum atomic E-state index is -0.544. The third kappa shape index (κ3) is 6.26. The standard InChI is InChI=1S/C7H12O3.Ti/c1-4-7(5(2)8)10-6(3)9;/h7H,4H2,1-3H3;. The second-order valence-corrected chi connectivity index (χ2v) is 2.12. The van der Waals surface area contributed by atoms with Gasteiger partial charge in [0.25, 0.3) is 0 Å². The summed E-state index contributed by atoms with van der Waals surface area (Å²) in [6.45, 7) is 4.51. The van der Waals surface area contributed by atoms with Crippen molar-refractivity contribution in [2.24, 2.45) is 0 Å². The Hall–Kier alpha value is -0.146. The van der Waals surface area contributed by atoms with Crippen molar-refractivity contribution in [2.45, 2.75) is 33.3 Å². The molecule has 0 heterocycles. The van der Waals surface area contributed by atoms with Crippen LogP contribution < -0.4 is 0 Å². The molecular weight excluding hydrogens is 180 g/mol. The van der Waals surface area contributed by atoms with Crippen molar-refractivity contribution in [3.05, 3.63) is 0 Å². The molecule has 0 aromatic carbocycles. The zero-order chi connectivity index (χ0) is 8.15. The van der Waals surface area contributed by atoms with E-state index in [4.69, 9.17) is 0 Å². The van der Waals surface area contributed by atoms with Crippen LogP contribution in [0, 0.1) is 0 Å². The first-order valence-corrected chi connectivity index (χ1v) is 3.25. The molecule has 3 nitrogen and oxygen atoms in total. The quantitative estimate of drug-likeness (QED) is 0.493. The minimum Gasteiger partial charge on any atom is -0.455 e. The molecule has 1 atom stereocenters. The van der Waals surface area contributed by atoms with Crippen LogP contribution in [0.15, 0.2) is 0 Å². The molecule has 0 saturated heterocycles. The van der Waals surface area contributed by atoms with Crippen LogP contribution in [0.1, 0.15) is 27.2 Å². The fraction of sp³-hybridized carbons (Fsp3) is 0.714. The van der Waals surface area contributed by atoms with Gasteiger partial charge < -0.3 is 4.74 Å². The van der Waals surface area contributed by atoms with Crippen molar-refractivity contribution in [1.82, 2.24) is 0 Å².